The van der Waals surface area contributed by atoms with Gasteiger partial charge in [0.05, 0.1) is 6.04 Å². The number of guanidine groups is 2. The number of nitrogens with zero attached hydrogens (tertiary/aromatic N) is 3. The molecule has 0 amide bonds. The highest BCUT2D eigenvalue weighted by Crippen LogP contribution is 2.61. The van der Waals surface area contributed by atoms with Gasteiger partial charge < -0.3 is 20.9 Å². The molecule has 0 aromatic carbocycles. The van der Waals surface area contributed by atoms with Crippen LogP contribution >= 0.6 is 0 Å². The summed E-state index contributed by atoms with van der Waals surface area (Å²) in [5.41, 5.74) is 6.79. The van der Waals surface area contributed by atoms with Crippen molar-refractivity contribution in [1.29, 1.82) is 5.41 Å². The summed E-state index contributed by atoms with van der Waals surface area (Å²) in [6.07, 6.45) is 17.5. The Balaban J connectivity index is 1.05. The maximum absolute atomic E-state index is 8.47. The van der Waals surface area contributed by atoms with E-state index >= 15 is 0 Å². The Morgan fingerprint density at radius 2 is 1.75 bits per heavy atom. The van der Waals surface area contributed by atoms with Gasteiger partial charge in [0.15, 0.2) is 11.9 Å². The van der Waals surface area contributed by atoms with Crippen molar-refractivity contribution in [3.8, 4) is 0 Å². The summed E-state index contributed by atoms with van der Waals surface area (Å²) in [7, 11) is 0. The van der Waals surface area contributed by atoms with Gasteiger partial charge in [-0.25, -0.2) is 4.99 Å². The van der Waals surface area contributed by atoms with Gasteiger partial charge in [-0.15, -0.1) is 0 Å². The van der Waals surface area contributed by atoms with Gasteiger partial charge in [0.25, 0.3) is 0 Å². The molecule has 2 aliphatic heterocycles. The van der Waals surface area contributed by atoms with E-state index in [4.69, 9.17) is 11.1 Å². The zero-order valence-electron chi connectivity index (χ0n) is 20.3. The van der Waals surface area contributed by atoms with E-state index in [1.807, 2.05) is 0 Å². The van der Waals surface area contributed by atoms with Crippen molar-refractivity contribution >= 4 is 11.9 Å². The van der Waals surface area contributed by atoms with E-state index in [1.54, 1.807) is 0 Å². The molecule has 1 saturated heterocycles. The predicted octanol–water partition coefficient (Wildman–Crippen LogP) is 4.16. The molecule has 2 heterocycles. The molecule has 6 aliphatic rings. The summed E-state index contributed by atoms with van der Waals surface area (Å²) in [5, 5.41) is 11.8. The van der Waals surface area contributed by atoms with Crippen molar-refractivity contribution in [2.75, 3.05) is 26.2 Å². The van der Waals surface area contributed by atoms with Crippen LogP contribution in [0.25, 0.3) is 0 Å². The molecule has 6 rings (SSSR count). The maximum atomic E-state index is 8.47. The van der Waals surface area contributed by atoms with Crippen LogP contribution in [0.15, 0.2) is 4.99 Å². The summed E-state index contributed by atoms with van der Waals surface area (Å²) in [4.78, 5) is 9.36. The Kier molecular flexibility index (Phi) is 6.58. The zero-order valence-corrected chi connectivity index (χ0v) is 20.3. The highest BCUT2D eigenvalue weighted by atomic mass is 15.4. The fourth-order valence-corrected chi connectivity index (χ4v) is 8.26. The third-order valence-electron chi connectivity index (χ3n) is 9.46. The van der Waals surface area contributed by atoms with Crippen molar-refractivity contribution in [1.82, 2.24) is 15.1 Å². The number of hydrogen-bond donors (Lipinski definition) is 3. The van der Waals surface area contributed by atoms with Crippen LogP contribution in [-0.2, 0) is 0 Å². The molecule has 4 N–H and O–H groups in total. The second kappa shape index (κ2) is 9.42. The molecule has 0 spiro atoms. The Labute approximate surface area is 195 Å². The van der Waals surface area contributed by atoms with Gasteiger partial charge in [0.1, 0.15) is 0 Å². The van der Waals surface area contributed by atoms with Crippen molar-refractivity contribution in [3.05, 3.63) is 0 Å². The molecule has 0 aromatic rings. The third-order valence-corrected chi connectivity index (χ3v) is 9.46. The van der Waals surface area contributed by atoms with Gasteiger partial charge in [0, 0.05) is 32.2 Å². The molecule has 0 aromatic heterocycles. The van der Waals surface area contributed by atoms with Crippen molar-refractivity contribution < 1.29 is 0 Å². The largest absolute Gasteiger partial charge is 0.370 e. The monoisotopic (exact) mass is 442 g/mol. The molecular formula is C26H46N6. The Hall–Kier alpha value is -1.46. The number of unbranched alkanes of at least 4 members (excludes halogenated alkanes) is 2. The summed E-state index contributed by atoms with van der Waals surface area (Å²) in [5.74, 6) is 4.51. The topological polar surface area (TPSA) is 80.7 Å². The Morgan fingerprint density at radius 1 is 1.03 bits per heavy atom. The minimum absolute atomic E-state index is 0.412. The van der Waals surface area contributed by atoms with Gasteiger partial charge in [-0.2, -0.15) is 0 Å². The third kappa shape index (κ3) is 4.75. The van der Waals surface area contributed by atoms with Gasteiger partial charge in [-0.3, -0.25) is 5.41 Å². The van der Waals surface area contributed by atoms with Gasteiger partial charge in [0.2, 0.25) is 0 Å². The van der Waals surface area contributed by atoms with Crippen LogP contribution < -0.4 is 11.1 Å². The average Bonchev–Trinajstić information content (AvgIpc) is 3.28. The van der Waals surface area contributed by atoms with E-state index in [-0.39, 0.29) is 0 Å². The maximum Gasteiger partial charge on any atom is 0.191 e. The predicted molar refractivity (Wildman–Crippen MR) is 132 cm³/mol. The lowest BCUT2D eigenvalue weighted by Crippen LogP contribution is -2.48. The number of nitrogens with one attached hydrogen (secondary N) is 2. The van der Waals surface area contributed by atoms with Crippen LogP contribution in [0.1, 0.15) is 90.4 Å². The van der Waals surface area contributed by atoms with Crippen LogP contribution in [-0.4, -0.2) is 60.0 Å². The number of rotatable bonds is 11. The fraction of sp³-hybridized carbons (Fsp3) is 0.923. The lowest BCUT2D eigenvalue weighted by Gasteiger charge is -2.57. The zero-order chi connectivity index (χ0) is 22.1. The van der Waals surface area contributed by atoms with E-state index in [0.717, 1.165) is 49.9 Å². The van der Waals surface area contributed by atoms with Crippen LogP contribution in [0.2, 0.25) is 0 Å². The van der Waals surface area contributed by atoms with Crippen LogP contribution in [0, 0.1) is 28.6 Å². The smallest absolute Gasteiger partial charge is 0.191 e. The second-order valence-corrected chi connectivity index (χ2v) is 12.0. The molecule has 32 heavy (non-hydrogen) atoms. The molecule has 5 fully saturated rings. The molecule has 4 bridgehead atoms. The molecule has 0 radical (unpaired) electrons. The van der Waals surface area contributed by atoms with Gasteiger partial charge in [-0.1, -0.05) is 19.8 Å². The molecule has 4 aliphatic carbocycles. The summed E-state index contributed by atoms with van der Waals surface area (Å²) >= 11 is 0. The van der Waals surface area contributed by atoms with E-state index in [9.17, 15) is 0 Å². The molecule has 6 nitrogen and oxygen atoms in total. The minimum atomic E-state index is 0.412. The molecule has 2 atom stereocenters. The highest BCUT2D eigenvalue weighted by molar-refractivity contribution is 5.80. The minimum Gasteiger partial charge on any atom is -0.370 e. The Bertz CT molecular complexity index is 667. The standard InChI is InChI=1S/C26H46N6/c1-2-3-6-22-18-31(25(28)30-22)9-5-4-7-23-17-29-24(27)32(23)10-8-26-14-19-11-20(15-26)13-21(12-19)16-26/h19-23H,2-18H2,1H3,(H2,27,29)(H2,28,30)/t19?,20?,21?,22-,23-,26?/m0/s1. The first kappa shape index (κ1) is 22.3. The normalized spacial score (nSPS) is 38.0. The molecule has 4 saturated carbocycles. The number of nitrogens with two attached hydrogens (primary N) is 1. The SMILES string of the molecule is CCCC[C@H]1CN(CCCC[C@H]2CNC(=N)N2CCC23CC4CC(CC(C4)C2)C3)C(N)=N1. The molecule has 0 unspecified atom stereocenters. The van der Waals surface area contributed by atoms with Gasteiger partial charge in [-0.05, 0) is 93.8 Å². The van der Waals surface area contributed by atoms with Crippen LogP contribution in [0.3, 0.4) is 0 Å². The first-order valence-electron chi connectivity index (χ1n) is 13.7. The molecule has 6 heteroatoms. The van der Waals surface area contributed by atoms with E-state index in [0.29, 0.717) is 23.5 Å². The van der Waals surface area contributed by atoms with E-state index < -0.39 is 0 Å². The lowest BCUT2D eigenvalue weighted by molar-refractivity contribution is -0.0596. The van der Waals surface area contributed by atoms with Crippen molar-refractivity contribution in [3.63, 3.8) is 0 Å². The summed E-state index contributed by atoms with van der Waals surface area (Å²) in [6.45, 7) is 6.32. The Morgan fingerprint density at radius 3 is 2.44 bits per heavy atom. The van der Waals surface area contributed by atoms with Crippen molar-refractivity contribution in [2.45, 2.75) is 102 Å². The summed E-state index contributed by atoms with van der Waals surface area (Å²) < 4.78 is 0. The quantitative estimate of drug-likeness (QED) is 0.420. The molecular weight excluding hydrogens is 396 g/mol. The lowest BCUT2D eigenvalue weighted by atomic mass is 9.49. The van der Waals surface area contributed by atoms with Crippen LogP contribution in [0.5, 0.6) is 0 Å². The van der Waals surface area contributed by atoms with E-state index in [1.165, 1.54) is 83.5 Å². The molecule has 180 valence electrons. The number of aliphatic imine (C=N–C) groups is 1. The highest BCUT2D eigenvalue weighted by Gasteiger charge is 2.50. The summed E-state index contributed by atoms with van der Waals surface area (Å²) in [6, 6.07) is 0.910. The van der Waals surface area contributed by atoms with Crippen molar-refractivity contribution in [2.24, 2.45) is 33.9 Å². The second-order valence-electron chi connectivity index (χ2n) is 12.0. The van der Waals surface area contributed by atoms with Gasteiger partial charge >= 0.3 is 0 Å². The fourth-order valence-electron chi connectivity index (χ4n) is 8.26. The average molecular weight is 443 g/mol. The van der Waals surface area contributed by atoms with Crippen LogP contribution in [0.4, 0.5) is 0 Å². The first-order chi connectivity index (χ1) is 15.5. The van der Waals surface area contributed by atoms with E-state index in [2.05, 4.69) is 27.0 Å². The first-order valence-corrected chi connectivity index (χ1v) is 13.7. The number of hydrogen-bond acceptors (Lipinski definition) is 4.